The molecule has 2 amide bonds. The molecule has 33 heavy (non-hydrogen) atoms. The highest BCUT2D eigenvalue weighted by molar-refractivity contribution is 6.06. The number of hydrogen-bond donors (Lipinski definition) is 1. The van der Waals surface area contributed by atoms with E-state index >= 15 is 0 Å². The van der Waals surface area contributed by atoms with Gasteiger partial charge in [0.05, 0.1) is 16.6 Å². The van der Waals surface area contributed by atoms with Gasteiger partial charge in [0.25, 0.3) is 11.8 Å². The third kappa shape index (κ3) is 4.01. The van der Waals surface area contributed by atoms with Gasteiger partial charge in [-0.05, 0) is 69.2 Å². The fourth-order valence-electron chi connectivity index (χ4n) is 4.58. The minimum absolute atomic E-state index is 0.0157. The molecule has 7 heteroatoms. The third-order valence-corrected chi connectivity index (χ3v) is 6.94. The number of carbonyl (C=O) groups excluding carboxylic acids is 2. The molecule has 0 bridgehead atoms. The van der Waals surface area contributed by atoms with Gasteiger partial charge < -0.3 is 10.2 Å². The number of carbonyl (C=O) groups is 2. The summed E-state index contributed by atoms with van der Waals surface area (Å²) in [5.74, 6) is 0.497. The van der Waals surface area contributed by atoms with Crippen LogP contribution in [0.4, 0.5) is 0 Å². The van der Waals surface area contributed by atoms with E-state index in [4.69, 9.17) is 4.98 Å². The van der Waals surface area contributed by atoms with Crippen molar-refractivity contribution in [3.05, 3.63) is 58.4 Å². The van der Waals surface area contributed by atoms with Gasteiger partial charge in [0.15, 0.2) is 5.65 Å². The quantitative estimate of drug-likeness (QED) is 0.602. The van der Waals surface area contributed by atoms with Crippen LogP contribution >= 0.6 is 0 Å². The molecule has 3 aliphatic carbocycles. The fourth-order valence-corrected chi connectivity index (χ4v) is 4.58. The second-order valence-electron chi connectivity index (χ2n) is 9.89. The first-order valence-electron chi connectivity index (χ1n) is 12.0. The Morgan fingerprint density at radius 3 is 2.45 bits per heavy atom. The van der Waals surface area contributed by atoms with Crippen LogP contribution < -0.4 is 5.32 Å². The molecule has 3 fully saturated rings. The summed E-state index contributed by atoms with van der Waals surface area (Å²) in [5.41, 5.74) is 5.07. The summed E-state index contributed by atoms with van der Waals surface area (Å²) in [7, 11) is 1.90. The number of benzene rings is 1. The standard InChI is InChI=1S/C26H29N5O2/c1-15-23-21(13-22(17-7-8-17)28-24(23)30(2)29-15)26(33)31(20-11-12-20)14-16-3-5-18(6-4-16)25(32)27-19-9-10-19/h3-6,13,17,19-20H,7-12,14H2,1-2H3,(H,27,32). The maximum absolute atomic E-state index is 13.9. The Kier molecular flexibility index (Phi) is 4.75. The first-order chi connectivity index (χ1) is 16.0. The number of hydrogen-bond acceptors (Lipinski definition) is 4. The zero-order valence-corrected chi connectivity index (χ0v) is 19.2. The minimum atomic E-state index is -0.0157. The average molecular weight is 444 g/mol. The van der Waals surface area contributed by atoms with Crippen molar-refractivity contribution in [1.82, 2.24) is 25.0 Å². The van der Waals surface area contributed by atoms with E-state index in [1.165, 1.54) is 0 Å². The van der Waals surface area contributed by atoms with Crippen LogP contribution in [0.1, 0.15) is 82.1 Å². The Labute approximate surface area is 193 Å². The van der Waals surface area contributed by atoms with Crippen LogP contribution in [0.3, 0.4) is 0 Å². The van der Waals surface area contributed by atoms with Crippen LogP contribution in [0.25, 0.3) is 11.0 Å². The molecular weight excluding hydrogens is 414 g/mol. The number of rotatable bonds is 7. The molecule has 2 aromatic heterocycles. The third-order valence-electron chi connectivity index (χ3n) is 6.94. The highest BCUT2D eigenvalue weighted by Gasteiger charge is 2.36. The van der Waals surface area contributed by atoms with Crippen molar-refractivity contribution in [3.8, 4) is 0 Å². The summed E-state index contributed by atoms with van der Waals surface area (Å²) < 4.78 is 1.79. The van der Waals surface area contributed by atoms with Gasteiger partial charge in [-0.25, -0.2) is 4.98 Å². The summed E-state index contributed by atoms with van der Waals surface area (Å²) in [6, 6.07) is 10.3. The van der Waals surface area contributed by atoms with Gasteiger partial charge in [-0.2, -0.15) is 5.10 Å². The molecular formula is C26H29N5O2. The van der Waals surface area contributed by atoms with Crippen LogP contribution in [0.2, 0.25) is 0 Å². The molecule has 6 rings (SSSR count). The number of aromatic nitrogens is 3. The second-order valence-corrected chi connectivity index (χ2v) is 9.89. The molecule has 3 aromatic rings. The molecule has 0 saturated heterocycles. The van der Waals surface area contributed by atoms with Gasteiger partial charge in [0.1, 0.15) is 0 Å². The predicted molar refractivity (Wildman–Crippen MR) is 125 cm³/mol. The number of nitrogens with zero attached hydrogens (tertiary/aromatic N) is 4. The van der Waals surface area contributed by atoms with Gasteiger partial charge in [0.2, 0.25) is 0 Å². The van der Waals surface area contributed by atoms with E-state index in [9.17, 15) is 9.59 Å². The largest absolute Gasteiger partial charge is 0.349 e. The van der Waals surface area contributed by atoms with Crippen molar-refractivity contribution < 1.29 is 9.59 Å². The molecule has 0 spiro atoms. The van der Waals surface area contributed by atoms with Gasteiger partial charge in [0, 0.05) is 42.9 Å². The van der Waals surface area contributed by atoms with E-state index in [1.807, 2.05) is 49.2 Å². The van der Waals surface area contributed by atoms with E-state index in [2.05, 4.69) is 10.4 Å². The number of fused-ring (bicyclic) bond motifs is 1. The smallest absolute Gasteiger partial charge is 0.255 e. The van der Waals surface area contributed by atoms with Crippen LogP contribution in [0.15, 0.2) is 30.3 Å². The van der Waals surface area contributed by atoms with Crippen LogP contribution in [-0.4, -0.2) is 43.6 Å². The Morgan fingerprint density at radius 2 is 1.82 bits per heavy atom. The lowest BCUT2D eigenvalue weighted by Gasteiger charge is -2.23. The molecule has 0 radical (unpaired) electrons. The first kappa shape index (κ1) is 20.4. The SMILES string of the molecule is Cc1nn(C)c2nc(C3CC3)cc(C(=O)N(Cc3ccc(C(=O)NC4CC4)cc3)C3CC3)c12. The van der Waals surface area contributed by atoms with Crippen molar-refractivity contribution in [2.45, 2.75) is 70.0 Å². The van der Waals surface area contributed by atoms with E-state index in [1.54, 1.807) is 4.68 Å². The van der Waals surface area contributed by atoms with Crippen LogP contribution in [0.5, 0.6) is 0 Å². The molecule has 170 valence electrons. The van der Waals surface area contributed by atoms with Crippen LogP contribution in [-0.2, 0) is 13.6 Å². The normalized spacial score (nSPS) is 17.9. The van der Waals surface area contributed by atoms with Gasteiger partial charge in [-0.15, -0.1) is 0 Å². The molecule has 0 atom stereocenters. The van der Waals surface area contributed by atoms with Gasteiger partial charge in [-0.3, -0.25) is 14.3 Å². The van der Waals surface area contributed by atoms with Crippen molar-refractivity contribution in [2.24, 2.45) is 7.05 Å². The van der Waals surface area contributed by atoms with E-state index in [0.29, 0.717) is 24.1 Å². The van der Waals surface area contributed by atoms with Crippen molar-refractivity contribution in [3.63, 3.8) is 0 Å². The number of amides is 2. The maximum atomic E-state index is 13.9. The number of nitrogens with one attached hydrogen (secondary N) is 1. The fraction of sp³-hybridized carbons (Fsp3) is 0.462. The summed E-state index contributed by atoms with van der Waals surface area (Å²) in [5, 5.41) is 8.44. The van der Waals surface area contributed by atoms with Gasteiger partial charge in [-0.1, -0.05) is 12.1 Å². The first-order valence-corrected chi connectivity index (χ1v) is 12.0. The Hall–Kier alpha value is -3.22. The Balaban J connectivity index is 1.29. The summed E-state index contributed by atoms with van der Waals surface area (Å²) >= 11 is 0. The predicted octanol–water partition coefficient (Wildman–Crippen LogP) is 3.85. The second kappa shape index (κ2) is 7.68. The lowest BCUT2D eigenvalue weighted by Crippen LogP contribution is -2.33. The van der Waals surface area contributed by atoms with E-state index in [-0.39, 0.29) is 17.9 Å². The van der Waals surface area contributed by atoms with Crippen molar-refractivity contribution >= 4 is 22.8 Å². The molecule has 3 saturated carbocycles. The molecule has 3 aliphatic rings. The summed E-state index contributed by atoms with van der Waals surface area (Å²) in [4.78, 5) is 33.0. The maximum Gasteiger partial charge on any atom is 0.255 e. The Morgan fingerprint density at radius 1 is 1.09 bits per heavy atom. The summed E-state index contributed by atoms with van der Waals surface area (Å²) in [6.45, 7) is 2.49. The van der Waals surface area contributed by atoms with Gasteiger partial charge >= 0.3 is 0 Å². The molecule has 2 heterocycles. The lowest BCUT2D eigenvalue weighted by atomic mass is 10.1. The topological polar surface area (TPSA) is 80.1 Å². The monoisotopic (exact) mass is 443 g/mol. The van der Waals surface area contributed by atoms with Crippen LogP contribution in [0, 0.1) is 6.92 Å². The molecule has 7 nitrogen and oxygen atoms in total. The highest BCUT2D eigenvalue weighted by atomic mass is 16.2. The van der Waals surface area contributed by atoms with E-state index < -0.39 is 0 Å². The Bertz CT molecular complexity index is 1250. The molecule has 1 aromatic carbocycles. The lowest BCUT2D eigenvalue weighted by molar-refractivity contribution is 0.0731. The average Bonchev–Trinajstić information content (AvgIpc) is 3.67. The number of pyridine rings is 1. The zero-order valence-electron chi connectivity index (χ0n) is 19.2. The molecule has 0 aliphatic heterocycles. The zero-order chi connectivity index (χ0) is 22.7. The molecule has 0 unspecified atom stereocenters. The highest BCUT2D eigenvalue weighted by Crippen LogP contribution is 2.41. The minimum Gasteiger partial charge on any atom is -0.349 e. The van der Waals surface area contributed by atoms with E-state index in [0.717, 1.165) is 72.1 Å². The molecule has 1 N–H and O–H groups in total. The van der Waals surface area contributed by atoms with Crippen molar-refractivity contribution in [1.29, 1.82) is 0 Å². The summed E-state index contributed by atoms with van der Waals surface area (Å²) in [6.07, 6.45) is 6.48. The number of aryl methyl sites for hydroxylation is 2. The van der Waals surface area contributed by atoms with Crippen molar-refractivity contribution in [2.75, 3.05) is 0 Å².